The zero-order valence-electron chi connectivity index (χ0n) is 8.54. The van der Waals surface area contributed by atoms with E-state index in [1.807, 2.05) is 0 Å². The minimum Gasteiger partial charge on any atom is -0.373 e. The molecule has 2 rings (SSSR count). The van der Waals surface area contributed by atoms with Gasteiger partial charge < -0.3 is 4.74 Å². The van der Waals surface area contributed by atoms with Gasteiger partial charge >= 0.3 is 0 Å². The molecule has 88 valence electrons. The second-order valence-electron chi connectivity index (χ2n) is 3.78. The van der Waals surface area contributed by atoms with Crippen LogP contribution in [0.3, 0.4) is 0 Å². The molecule has 0 bridgehead atoms. The highest BCUT2D eigenvalue weighted by atomic mass is 79.9. The average molecular weight is 326 g/mol. The van der Waals surface area contributed by atoms with Crippen LogP contribution >= 0.6 is 26.6 Å². The Hall–Kier alpha value is -0.100. The summed E-state index contributed by atoms with van der Waals surface area (Å²) in [5.74, 6) is 0. The molecule has 0 heterocycles. The predicted molar refractivity (Wildman–Crippen MR) is 65.1 cm³/mol. The molecule has 3 nitrogen and oxygen atoms in total. The highest BCUT2D eigenvalue weighted by molar-refractivity contribution is 9.10. The summed E-state index contributed by atoms with van der Waals surface area (Å²) in [5.41, 5.74) is 0.167. The fraction of sp³-hybridized carbons (Fsp3) is 0.400. The number of hydrogen-bond acceptors (Lipinski definition) is 3. The van der Waals surface area contributed by atoms with Gasteiger partial charge in [-0.2, -0.15) is 0 Å². The molecule has 0 spiro atoms. The highest BCUT2D eigenvalue weighted by Gasteiger charge is 2.47. The summed E-state index contributed by atoms with van der Waals surface area (Å²) >= 11 is 3.32. The van der Waals surface area contributed by atoms with E-state index in [0.29, 0.717) is 5.56 Å². The third kappa shape index (κ3) is 2.14. The Morgan fingerprint density at radius 3 is 2.50 bits per heavy atom. The first-order chi connectivity index (χ1) is 7.39. The molecule has 0 aliphatic heterocycles. The maximum atomic E-state index is 11.4. The lowest BCUT2D eigenvalue weighted by molar-refractivity contribution is 0.0765. The zero-order chi connectivity index (χ0) is 12.0. The van der Waals surface area contributed by atoms with Gasteiger partial charge in [-0.05, 0) is 31.0 Å². The van der Waals surface area contributed by atoms with Gasteiger partial charge in [-0.1, -0.05) is 15.9 Å². The number of methoxy groups -OCH3 is 1. The van der Waals surface area contributed by atoms with Crippen molar-refractivity contribution in [1.29, 1.82) is 0 Å². The molecule has 0 amide bonds. The summed E-state index contributed by atoms with van der Waals surface area (Å²) in [5, 5.41) is 0. The molecule has 16 heavy (non-hydrogen) atoms. The van der Waals surface area contributed by atoms with Gasteiger partial charge in [0.1, 0.15) is 0 Å². The van der Waals surface area contributed by atoms with Gasteiger partial charge in [-0.25, -0.2) is 8.42 Å². The van der Waals surface area contributed by atoms with Crippen molar-refractivity contribution in [2.24, 2.45) is 0 Å². The summed E-state index contributed by atoms with van der Waals surface area (Å²) < 4.78 is 29.1. The van der Waals surface area contributed by atoms with Gasteiger partial charge in [0, 0.05) is 27.8 Å². The summed E-state index contributed by atoms with van der Waals surface area (Å²) in [4.78, 5) is 0.136. The van der Waals surface area contributed by atoms with Crippen LogP contribution in [0.25, 0.3) is 0 Å². The fourth-order valence-corrected chi connectivity index (χ4v) is 3.27. The number of ether oxygens (including phenoxy) is 1. The largest absolute Gasteiger partial charge is 0.373 e. The van der Waals surface area contributed by atoms with E-state index in [1.54, 1.807) is 19.2 Å². The lowest BCUT2D eigenvalue weighted by Gasteiger charge is -2.17. The smallest absolute Gasteiger partial charge is 0.261 e. The topological polar surface area (TPSA) is 43.4 Å². The molecule has 0 aromatic heterocycles. The van der Waals surface area contributed by atoms with Crippen molar-refractivity contribution in [2.45, 2.75) is 23.3 Å². The van der Waals surface area contributed by atoms with E-state index in [1.165, 1.54) is 6.07 Å². The summed E-state index contributed by atoms with van der Waals surface area (Å²) in [6.45, 7) is 0. The molecule has 0 unspecified atom stereocenters. The molecule has 1 fully saturated rings. The Morgan fingerprint density at radius 2 is 2.06 bits per heavy atom. The van der Waals surface area contributed by atoms with Crippen LogP contribution in [-0.2, 0) is 19.4 Å². The second kappa shape index (κ2) is 3.98. The molecular formula is C10H10BrClO3S. The molecule has 0 atom stereocenters. The Bertz CT molecular complexity index is 523. The van der Waals surface area contributed by atoms with E-state index in [4.69, 9.17) is 15.4 Å². The minimum absolute atomic E-state index is 0.136. The van der Waals surface area contributed by atoms with Crippen molar-refractivity contribution >= 4 is 35.7 Å². The van der Waals surface area contributed by atoms with Gasteiger partial charge in [0.2, 0.25) is 0 Å². The van der Waals surface area contributed by atoms with Gasteiger partial charge in [-0.15, -0.1) is 0 Å². The van der Waals surface area contributed by atoms with Gasteiger partial charge in [0.05, 0.1) is 10.5 Å². The first kappa shape index (κ1) is 12.4. The fourth-order valence-electron chi connectivity index (χ4n) is 1.77. The third-order valence-corrected chi connectivity index (χ3v) is 4.66. The van der Waals surface area contributed by atoms with Crippen LogP contribution < -0.4 is 0 Å². The number of benzene rings is 1. The number of halogens is 2. The van der Waals surface area contributed by atoms with Gasteiger partial charge in [0.15, 0.2) is 0 Å². The standard InChI is InChI=1S/C10H10BrClO3S/c1-15-10(4-5-10)8-6-7(11)2-3-9(8)16(12,13)14/h2-3,6H,4-5H2,1H3. The Balaban J connectivity index is 2.63. The first-order valence-corrected chi connectivity index (χ1v) is 7.79. The number of rotatable bonds is 3. The quantitative estimate of drug-likeness (QED) is 0.802. The maximum Gasteiger partial charge on any atom is 0.261 e. The second-order valence-corrected chi connectivity index (χ2v) is 7.23. The predicted octanol–water partition coefficient (Wildman–Crippen LogP) is 3.01. The van der Waals surface area contributed by atoms with Gasteiger partial charge in [0.25, 0.3) is 9.05 Å². The van der Waals surface area contributed by atoms with E-state index in [0.717, 1.165) is 17.3 Å². The Morgan fingerprint density at radius 1 is 1.44 bits per heavy atom. The number of hydrogen-bond donors (Lipinski definition) is 0. The van der Waals surface area contributed by atoms with Crippen molar-refractivity contribution in [2.75, 3.05) is 7.11 Å². The van der Waals surface area contributed by atoms with Crippen LogP contribution in [0.1, 0.15) is 18.4 Å². The van der Waals surface area contributed by atoms with Crippen molar-refractivity contribution in [3.05, 3.63) is 28.2 Å². The van der Waals surface area contributed by atoms with Crippen LogP contribution in [0, 0.1) is 0 Å². The lowest BCUT2D eigenvalue weighted by atomic mass is 10.1. The monoisotopic (exact) mass is 324 g/mol. The van der Waals surface area contributed by atoms with Crippen LogP contribution in [0.15, 0.2) is 27.6 Å². The molecule has 1 aromatic carbocycles. The van der Waals surface area contributed by atoms with Crippen molar-refractivity contribution < 1.29 is 13.2 Å². The summed E-state index contributed by atoms with van der Waals surface area (Å²) in [7, 11) is 3.26. The molecule has 0 radical (unpaired) electrons. The van der Waals surface area contributed by atoms with E-state index < -0.39 is 14.7 Å². The Kier molecular flexibility index (Phi) is 3.07. The van der Waals surface area contributed by atoms with Gasteiger partial charge in [-0.3, -0.25) is 0 Å². The molecule has 6 heteroatoms. The maximum absolute atomic E-state index is 11.4. The molecule has 1 aliphatic carbocycles. The minimum atomic E-state index is -3.73. The summed E-state index contributed by atoms with van der Waals surface area (Å²) in [6.07, 6.45) is 1.64. The van der Waals surface area contributed by atoms with E-state index in [2.05, 4.69) is 15.9 Å². The van der Waals surface area contributed by atoms with E-state index in [9.17, 15) is 8.42 Å². The SMILES string of the molecule is COC1(c2cc(Br)ccc2S(=O)(=O)Cl)CC1. The normalized spacial score (nSPS) is 18.4. The van der Waals surface area contributed by atoms with Crippen LogP contribution in [0.4, 0.5) is 0 Å². The molecule has 0 saturated heterocycles. The van der Waals surface area contributed by atoms with Crippen LogP contribution in [0.2, 0.25) is 0 Å². The molecule has 1 aliphatic rings. The van der Waals surface area contributed by atoms with Crippen molar-refractivity contribution in [3.63, 3.8) is 0 Å². The summed E-state index contributed by atoms with van der Waals surface area (Å²) in [6, 6.07) is 4.91. The van der Waals surface area contributed by atoms with E-state index >= 15 is 0 Å². The highest BCUT2D eigenvalue weighted by Crippen LogP contribution is 2.51. The molecular weight excluding hydrogens is 316 g/mol. The van der Waals surface area contributed by atoms with Crippen LogP contribution in [0.5, 0.6) is 0 Å². The zero-order valence-corrected chi connectivity index (χ0v) is 11.7. The van der Waals surface area contributed by atoms with Crippen molar-refractivity contribution in [1.82, 2.24) is 0 Å². The van der Waals surface area contributed by atoms with E-state index in [-0.39, 0.29) is 4.90 Å². The average Bonchev–Trinajstić information content (AvgIpc) is 2.96. The van der Waals surface area contributed by atoms with Crippen molar-refractivity contribution in [3.8, 4) is 0 Å². The Labute approximate surface area is 107 Å². The van der Waals surface area contributed by atoms with Crippen LogP contribution in [-0.4, -0.2) is 15.5 Å². The molecule has 0 N–H and O–H groups in total. The molecule has 1 aromatic rings. The lowest BCUT2D eigenvalue weighted by Crippen LogP contribution is -2.13. The molecule has 1 saturated carbocycles. The first-order valence-electron chi connectivity index (χ1n) is 4.69. The third-order valence-electron chi connectivity index (χ3n) is 2.79.